The van der Waals surface area contributed by atoms with E-state index in [1.807, 2.05) is 0 Å². The molecular weight excluding hydrogens is 455 g/mol. The molecule has 1 unspecified atom stereocenters. The Balaban J connectivity index is 1.89. The van der Waals surface area contributed by atoms with Gasteiger partial charge in [0.2, 0.25) is 16.0 Å². The number of halogens is 1. The number of rotatable bonds is 6. The maximum absolute atomic E-state index is 15.7. The van der Waals surface area contributed by atoms with E-state index in [9.17, 15) is 8.42 Å². The van der Waals surface area contributed by atoms with Crippen molar-refractivity contribution in [2.75, 3.05) is 36.9 Å². The van der Waals surface area contributed by atoms with E-state index in [-0.39, 0.29) is 23.5 Å². The molecular formula is C20H23FN6O3S2. The normalized spacial score (nSPS) is 15.7. The number of benzene rings is 1. The molecule has 0 radical (unpaired) electrons. The van der Waals surface area contributed by atoms with Gasteiger partial charge in [-0.2, -0.15) is 0 Å². The lowest BCUT2D eigenvalue weighted by Crippen LogP contribution is -2.36. The molecule has 1 saturated heterocycles. The molecule has 3 aromatic rings. The number of nitrogens with zero attached hydrogens (tertiary/aromatic N) is 4. The predicted molar refractivity (Wildman–Crippen MR) is 122 cm³/mol. The van der Waals surface area contributed by atoms with Crippen LogP contribution in [-0.2, 0) is 14.8 Å². The Morgan fingerprint density at radius 2 is 2.00 bits per heavy atom. The van der Waals surface area contributed by atoms with Gasteiger partial charge in [0.25, 0.3) is 0 Å². The summed E-state index contributed by atoms with van der Waals surface area (Å²) in [6, 6.07) is 6.29. The van der Waals surface area contributed by atoms with Gasteiger partial charge < -0.3 is 15.4 Å². The van der Waals surface area contributed by atoms with Crippen LogP contribution in [0.3, 0.4) is 0 Å². The Kier molecular flexibility index (Phi) is 6.38. The third-order valence-electron chi connectivity index (χ3n) is 5.20. The number of ether oxygens (including phenoxy) is 1. The van der Waals surface area contributed by atoms with E-state index in [0.29, 0.717) is 47.7 Å². The minimum Gasteiger partial charge on any atom is -0.378 e. The second-order valence-electron chi connectivity index (χ2n) is 7.27. The molecule has 1 aliphatic heterocycles. The van der Waals surface area contributed by atoms with Crippen molar-refractivity contribution in [2.24, 2.45) is 5.14 Å². The Labute approximate surface area is 189 Å². The average molecular weight is 479 g/mol. The first-order valence-electron chi connectivity index (χ1n) is 10.0. The third kappa shape index (κ3) is 4.44. The van der Waals surface area contributed by atoms with E-state index in [4.69, 9.17) is 20.6 Å². The molecule has 9 nitrogen and oxygen atoms in total. The number of nitrogens with two attached hydrogens (primary N) is 2. The van der Waals surface area contributed by atoms with Crippen LogP contribution in [0, 0.1) is 5.82 Å². The number of sulfonamides is 1. The minimum absolute atomic E-state index is 0.0153. The van der Waals surface area contributed by atoms with E-state index in [0.717, 1.165) is 0 Å². The van der Waals surface area contributed by atoms with Crippen molar-refractivity contribution in [3.63, 3.8) is 0 Å². The Bertz CT molecular complexity index is 1230. The lowest BCUT2D eigenvalue weighted by Gasteiger charge is -2.26. The van der Waals surface area contributed by atoms with Gasteiger partial charge in [-0.25, -0.2) is 32.9 Å². The highest BCUT2D eigenvalue weighted by molar-refractivity contribution is 7.89. The largest absolute Gasteiger partial charge is 0.378 e. The SMILES string of the molecule is CCC(c1cccc(-c2nc(N3CCOCC3)sc2-c2ccnc(N)n2)c1F)S(N)(=O)=O. The van der Waals surface area contributed by atoms with Crippen LogP contribution < -0.4 is 15.8 Å². The van der Waals surface area contributed by atoms with Crippen molar-refractivity contribution in [2.45, 2.75) is 18.6 Å². The van der Waals surface area contributed by atoms with Gasteiger partial charge in [-0.15, -0.1) is 0 Å². The van der Waals surface area contributed by atoms with E-state index in [2.05, 4.69) is 14.9 Å². The fourth-order valence-corrected chi connectivity index (χ4v) is 5.77. The summed E-state index contributed by atoms with van der Waals surface area (Å²) in [5.41, 5.74) is 6.83. The molecule has 1 fully saturated rings. The highest BCUT2D eigenvalue weighted by atomic mass is 32.2. The molecule has 32 heavy (non-hydrogen) atoms. The molecule has 4 N–H and O–H groups in total. The van der Waals surface area contributed by atoms with Crippen molar-refractivity contribution in [3.05, 3.63) is 41.8 Å². The third-order valence-corrected chi connectivity index (χ3v) is 7.72. The lowest BCUT2D eigenvalue weighted by molar-refractivity contribution is 0.122. The molecule has 4 rings (SSSR count). The quantitative estimate of drug-likeness (QED) is 0.551. The smallest absolute Gasteiger partial charge is 0.220 e. The molecule has 1 aromatic carbocycles. The molecule has 3 heterocycles. The van der Waals surface area contributed by atoms with Gasteiger partial charge in [0.15, 0.2) is 5.13 Å². The highest BCUT2D eigenvalue weighted by Crippen LogP contribution is 2.42. The zero-order chi connectivity index (χ0) is 22.9. The first-order chi connectivity index (χ1) is 15.3. The summed E-state index contributed by atoms with van der Waals surface area (Å²) in [7, 11) is -3.99. The number of hydrogen-bond acceptors (Lipinski definition) is 9. The molecule has 0 bridgehead atoms. The molecule has 1 aliphatic rings. The van der Waals surface area contributed by atoms with Crippen LogP contribution in [0.4, 0.5) is 15.5 Å². The summed E-state index contributed by atoms with van der Waals surface area (Å²) in [5.74, 6) is -0.584. The molecule has 0 spiro atoms. The van der Waals surface area contributed by atoms with Gasteiger partial charge in [-0.05, 0) is 18.6 Å². The Hall–Kier alpha value is -2.67. The fourth-order valence-electron chi connectivity index (χ4n) is 3.67. The van der Waals surface area contributed by atoms with E-state index in [1.165, 1.54) is 23.6 Å². The number of aromatic nitrogens is 3. The molecule has 2 aromatic heterocycles. The van der Waals surface area contributed by atoms with Crippen LogP contribution in [0.5, 0.6) is 0 Å². The Morgan fingerprint density at radius 1 is 1.25 bits per heavy atom. The van der Waals surface area contributed by atoms with Crippen molar-refractivity contribution < 1.29 is 17.5 Å². The van der Waals surface area contributed by atoms with Crippen LogP contribution in [-0.4, -0.2) is 49.7 Å². The second-order valence-corrected chi connectivity index (χ2v) is 9.99. The van der Waals surface area contributed by atoms with Gasteiger partial charge in [-0.1, -0.05) is 30.4 Å². The molecule has 0 aliphatic carbocycles. The first-order valence-corrected chi connectivity index (χ1v) is 12.4. The zero-order valence-corrected chi connectivity index (χ0v) is 19.0. The highest BCUT2D eigenvalue weighted by Gasteiger charge is 2.29. The van der Waals surface area contributed by atoms with Crippen LogP contribution >= 0.6 is 11.3 Å². The average Bonchev–Trinajstić information content (AvgIpc) is 3.20. The summed E-state index contributed by atoms with van der Waals surface area (Å²) in [5, 5.41) is 4.90. The number of hydrogen-bond donors (Lipinski definition) is 2. The van der Waals surface area contributed by atoms with Crippen molar-refractivity contribution in [1.29, 1.82) is 0 Å². The van der Waals surface area contributed by atoms with E-state index >= 15 is 4.39 Å². The number of primary sulfonamides is 1. The monoisotopic (exact) mass is 478 g/mol. The van der Waals surface area contributed by atoms with Crippen molar-refractivity contribution >= 4 is 32.4 Å². The molecule has 0 amide bonds. The molecule has 170 valence electrons. The molecule has 1 atom stereocenters. The van der Waals surface area contributed by atoms with E-state index < -0.39 is 21.1 Å². The van der Waals surface area contributed by atoms with Gasteiger partial charge in [0.1, 0.15) is 11.1 Å². The summed E-state index contributed by atoms with van der Waals surface area (Å²) in [6.45, 7) is 4.10. The van der Waals surface area contributed by atoms with Gasteiger partial charge >= 0.3 is 0 Å². The topological polar surface area (TPSA) is 137 Å². The van der Waals surface area contributed by atoms with Crippen LogP contribution in [0.2, 0.25) is 0 Å². The van der Waals surface area contributed by atoms with Crippen molar-refractivity contribution in [3.8, 4) is 21.8 Å². The number of nitrogen functional groups attached to an aromatic ring is 1. The summed E-state index contributed by atoms with van der Waals surface area (Å²) < 4.78 is 45.2. The van der Waals surface area contributed by atoms with Crippen LogP contribution in [0.15, 0.2) is 30.5 Å². The summed E-state index contributed by atoms with van der Waals surface area (Å²) >= 11 is 1.36. The fraction of sp³-hybridized carbons (Fsp3) is 0.350. The van der Waals surface area contributed by atoms with Gasteiger partial charge in [0.05, 0.1) is 29.5 Å². The van der Waals surface area contributed by atoms with Crippen LogP contribution in [0.1, 0.15) is 24.2 Å². The van der Waals surface area contributed by atoms with Gasteiger partial charge in [0, 0.05) is 30.4 Å². The summed E-state index contributed by atoms with van der Waals surface area (Å²) in [6.07, 6.45) is 1.67. The minimum atomic E-state index is -3.99. The van der Waals surface area contributed by atoms with Gasteiger partial charge in [-0.3, -0.25) is 0 Å². The number of thiazole rings is 1. The standard InChI is InChI=1S/C20H23FN6O3S2/c1-2-15(32(23,28)29)12-4-3-5-13(16(12)21)17-18(14-6-7-24-19(22)25-14)31-20(26-17)27-8-10-30-11-9-27/h3-7,15H,2,8-11H2,1H3,(H2,22,24,25)(H2,23,28,29). The molecule has 0 saturated carbocycles. The maximum atomic E-state index is 15.7. The van der Waals surface area contributed by atoms with Crippen LogP contribution in [0.25, 0.3) is 21.8 Å². The number of anilines is 2. The lowest BCUT2D eigenvalue weighted by atomic mass is 10.0. The van der Waals surface area contributed by atoms with Crippen molar-refractivity contribution in [1.82, 2.24) is 15.0 Å². The second kappa shape index (κ2) is 9.06. The zero-order valence-electron chi connectivity index (χ0n) is 17.4. The predicted octanol–water partition coefficient (Wildman–Crippen LogP) is 2.56. The summed E-state index contributed by atoms with van der Waals surface area (Å²) in [4.78, 5) is 15.6. The maximum Gasteiger partial charge on any atom is 0.220 e. The Morgan fingerprint density at radius 3 is 2.66 bits per heavy atom. The number of morpholine rings is 1. The van der Waals surface area contributed by atoms with E-state index in [1.54, 1.807) is 25.1 Å². The first kappa shape index (κ1) is 22.5. The molecule has 12 heteroatoms.